The van der Waals surface area contributed by atoms with E-state index in [1.54, 1.807) is 24.1 Å². The number of nitrogens with zero attached hydrogens (tertiary/aromatic N) is 2. The van der Waals surface area contributed by atoms with Crippen LogP contribution in [-0.2, 0) is 16.6 Å². The fraction of sp³-hybridized carbons (Fsp3) is 0.267. The Hall–Kier alpha value is -2.63. The van der Waals surface area contributed by atoms with Crippen LogP contribution >= 0.6 is 0 Å². The zero-order chi connectivity index (χ0) is 15.2. The van der Waals surface area contributed by atoms with Crippen molar-refractivity contribution in [2.75, 3.05) is 5.32 Å². The fourth-order valence-electron chi connectivity index (χ4n) is 2.07. The Bertz CT molecular complexity index is 622. The maximum Gasteiger partial charge on any atom is 0.226 e. The molecule has 0 aliphatic rings. The van der Waals surface area contributed by atoms with Gasteiger partial charge in [0.05, 0.1) is 24.3 Å². The summed E-state index contributed by atoms with van der Waals surface area (Å²) in [6.07, 6.45) is 3.46. The van der Waals surface area contributed by atoms with Gasteiger partial charge in [-0.05, 0) is 5.56 Å². The summed E-state index contributed by atoms with van der Waals surface area (Å²) in [4.78, 5) is 23.4. The average Bonchev–Trinajstić information content (AvgIpc) is 2.83. The van der Waals surface area contributed by atoms with Gasteiger partial charge in [-0.25, -0.2) is 0 Å². The van der Waals surface area contributed by atoms with Gasteiger partial charge in [0.2, 0.25) is 11.8 Å². The smallest absolute Gasteiger partial charge is 0.226 e. The normalized spacial score (nSPS) is 11.7. The highest BCUT2D eigenvalue weighted by Gasteiger charge is 2.17. The predicted octanol–water partition coefficient (Wildman–Crippen LogP) is 1.63. The van der Waals surface area contributed by atoms with Crippen molar-refractivity contribution in [3.63, 3.8) is 0 Å². The fourth-order valence-corrected chi connectivity index (χ4v) is 2.07. The molecule has 0 saturated heterocycles. The first-order valence-corrected chi connectivity index (χ1v) is 6.65. The molecule has 21 heavy (non-hydrogen) atoms. The van der Waals surface area contributed by atoms with E-state index in [1.165, 1.54) is 6.92 Å². The van der Waals surface area contributed by atoms with Gasteiger partial charge in [-0.3, -0.25) is 14.3 Å². The summed E-state index contributed by atoms with van der Waals surface area (Å²) in [5.74, 6) is -0.344. The molecule has 1 atom stereocenters. The number of carbonyl (C=O) groups is 2. The lowest BCUT2D eigenvalue weighted by Crippen LogP contribution is -2.29. The Labute approximate surface area is 123 Å². The number of hydrogen-bond acceptors (Lipinski definition) is 3. The number of carbonyl (C=O) groups excluding carboxylic acids is 2. The number of hydrogen-bond donors (Lipinski definition) is 2. The molecule has 6 heteroatoms. The summed E-state index contributed by atoms with van der Waals surface area (Å²) in [6.45, 7) is 1.44. The highest BCUT2D eigenvalue weighted by Crippen LogP contribution is 2.17. The third-order valence-corrected chi connectivity index (χ3v) is 2.96. The predicted molar refractivity (Wildman–Crippen MR) is 79.5 cm³/mol. The van der Waals surface area contributed by atoms with Crippen LogP contribution < -0.4 is 10.6 Å². The van der Waals surface area contributed by atoms with Gasteiger partial charge < -0.3 is 10.6 Å². The Morgan fingerprint density at radius 3 is 2.57 bits per heavy atom. The highest BCUT2D eigenvalue weighted by atomic mass is 16.2. The second-order valence-corrected chi connectivity index (χ2v) is 4.82. The van der Waals surface area contributed by atoms with E-state index in [-0.39, 0.29) is 24.3 Å². The molecule has 1 aromatic carbocycles. The molecule has 2 rings (SSSR count). The van der Waals surface area contributed by atoms with E-state index in [2.05, 4.69) is 15.7 Å². The van der Waals surface area contributed by atoms with Crippen LogP contribution in [0.4, 0.5) is 5.69 Å². The number of rotatable bonds is 5. The van der Waals surface area contributed by atoms with Crippen LogP contribution in [0.3, 0.4) is 0 Å². The van der Waals surface area contributed by atoms with Gasteiger partial charge in [0.15, 0.2) is 0 Å². The van der Waals surface area contributed by atoms with Crippen molar-refractivity contribution in [3.05, 3.63) is 48.3 Å². The average molecular weight is 286 g/mol. The Balaban J connectivity index is 2.04. The van der Waals surface area contributed by atoms with Gasteiger partial charge in [-0.1, -0.05) is 30.3 Å². The topological polar surface area (TPSA) is 76.0 Å². The zero-order valence-corrected chi connectivity index (χ0v) is 12.0. The lowest BCUT2D eigenvalue weighted by molar-refractivity contribution is -0.120. The molecule has 0 radical (unpaired) electrons. The van der Waals surface area contributed by atoms with E-state index in [0.717, 1.165) is 5.56 Å². The van der Waals surface area contributed by atoms with E-state index in [4.69, 9.17) is 0 Å². The highest BCUT2D eigenvalue weighted by molar-refractivity contribution is 5.91. The quantitative estimate of drug-likeness (QED) is 0.877. The number of benzene rings is 1. The van der Waals surface area contributed by atoms with E-state index >= 15 is 0 Å². The molecular formula is C15H18N4O2. The summed E-state index contributed by atoms with van der Waals surface area (Å²) < 4.78 is 1.61. The summed E-state index contributed by atoms with van der Waals surface area (Å²) in [7, 11) is 1.78. The first-order valence-electron chi connectivity index (χ1n) is 6.65. The van der Waals surface area contributed by atoms with E-state index in [9.17, 15) is 9.59 Å². The van der Waals surface area contributed by atoms with E-state index < -0.39 is 0 Å². The summed E-state index contributed by atoms with van der Waals surface area (Å²) in [5, 5.41) is 9.55. The Kier molecular flexibility index (Phi) is 4.71. The molecule has 0 unspecified atom stereocenters. The number of amides is 2. The molecule has 2 aromatic rings. The van der Waals surface area contributed by atoms with Crippen molar-refractivity contribution in [2.45, 2.75) is 19.4 Å². The van der Waals surface area contributed by atoms with Crippen LogP contribution in [0.2, 0.25) is 0 Å². The number of aromatic nitrogens is 2. The molecule has 2 N–H and O–H groups in total. The van der Waals surface area contributed by atoms with E-state index in [1.807, 2.05) is 30.3 Å². The molecule has 110 valence electrons. The Morgan fingerprint density at radius 1 is 1.29 bits per heavy atom. The maximum absolute atomic E-state index is 12.1. The molecule has 2 amide bonds. The van der Waals surface area contributed by atoms with Crippen molar-refractivity contribution in [1.82, 2.24) is 15.1 Å². The number of anilines is 1. The van der Waals surface area contributed by atoms with Crippen molar-refractivity contribution < 1.29 is 9.59 Å². The minimum atomic E-state index is -0.347. The van der Waals surface area contributed by atoms with Crippen molar-refractivity contribution in [1.29, 1.82) is 0 Å². The van der Waals surface area contributed by atoms with Crippen LogP contribution in [0.15, 0.2) is 42.7 Å². The van der Waals surface area contributed by atoms with Crippen molar-refractivity contribution >= 4 is 17.5 Å². The van der Waals surface area contributed by atoms with Gasteiger partial charge in [-0.2, -0.15) is 5.10 Å². The lowest BCUT2D eigenvalue weighted by Gasteiger charge is -2.17. The second kappa shape index (κ2) is 6.69. The first-order chi connectivity index (χ1) is 10.0. The minimum absolute atomic E-state index is 0.165. The molecule has 0 aliphatic heterocycles. The number of aryl methyl sites for hydroxylation is 1. The number of nitrogens with one attached hydrogen (secondary N) is 2. The molecule has 0 bridgehead atoms. The van der Waals surface area contributed by atoms with Crippen LogP contribution in [0, 0.1) is 0 Å². The monoisotopic (exact) mass is 286 g/mol. The molecule has 1 heterocycles. The molecule has 6 nitrogen and oxygen atoms in total. The molecule has 0 aliphatic carbocycles. The van der Waals surface area contributed by atoms with Crippen LogP contribution in [0.1, 0.15) is 24.9 Å². The zero-order valence-electron chi connectivity index (χ0n) is 12.0. The van der Waals surface area contributed by atoms with E-state index in [0.29, 0.717) is 5.69 Å². The summed E-state index contributed by atoms with van der Waals surface area (Å²) in [5.41, 5.74) is 1.53. The molecule has 1 aromatic heterocycles. The third kappa shape index (κ3) is 4.45. The maximum atomic E-state index is 12.1. The minimum Gasteiger partial charge on any atom is -0.349 e. The van der Waals surface area contributed by atoms with Crippen molar-refractivity contribution in [2.24, 2.45) is 7.05 Å². The summed E-state index contributed by atoms with van der Waals surface area (Å²) in [6, 6.07) is 9.08. The largest absolute Gasteiger partial charge is 0.349 e. The summed E-state index contributed by atoms with van der Waals surface area (Å²) >= 11 is 0. The standard InChI is InChI=1S/C15H18N4O2/c1-11(20)17-14(12-6-4-3-5-7-12)8-15(21)18-13-9-16-19(2)10-13/h3-7,9-10,14H,8H2,1-2H3,(H,17,20)(H,18,21)/t14-/m1/s1. The van der Waals surface area contributed by atoms with Gasteiger partial charge in [-0.15, -0.1) is 0 Å². The first kappa shape index (κ1) is 14.8. The van der Waals surface area contributed by atoms with Gasteiger partial charge in [0, 0.05) is 20.2 Å². The van der Waals surface area contributed by atoms with Gasteiger partial charge in [0.25, 0.3) is 0 Å². The molecule has 0 spiro atoms. The molecule has 0 saturated carbocycles. The third-order valence-electron chi connectivity index (χ3n) is 2.96. The lowest BCUT2D eigenvalue weighted by atomic mass is 10.0. The molecular weight excluding hydrogens is 268 g/mol. The Morgan fingerprint density at radius 2 is 2.00 bits per heavy atom. The van der Waals surface area contributed by atoms with Crippen LogP contribution in [0.5, 0.6) is 0 Å². The second-order valence-electron chi connectivity index (χ2n) is 4.82. The van der Waals surface area contributed by atoms with Gasteiger partial charge >= 0.3 is 0 Å². The van der Waals surface area contributed by atoms with Crippen LogP contribution in [0.25, 0.3) is 0 Å². The van der Waals surface area contributed by atoms with Crippen LogP contribution in [-0.4, -0.2) is 21.6 Å². The van der Waals surface area contributed by atoms with Crippen molar-refractivity contribution in [3.8, 4) is 0 Å². The van der Waals surface area contributed by atoms with Gasteiger partial charge in [0.1, 0.15) is 0 Å². The SMILES string of the molecule is CC(=O)N[C@H](CC(=O)Nc1cnn(C)c1)c1ccccc1. The molecule has 0 fully saturated rings.